The number of rotatable bonds is 3. The van der Waals surface area contributed by atoms with Crippen molar-refractivity contribution in [1.82, 2.24) is 4.98 Å². The normalized spacial score (nSPS) is 9.22. The van der Waals surface area contributed by atoms with Crippen LogP contribution >= 0.6 is 0 Å². The largest absolute Gasteiger partial charge is 0.439 e. The fourth-order valence-corrected chi connectivity index (χ4v) is 1.42. The summed E-state index contributed by atoms with van der Waals surface area (Å²) < 4.78 is 5.51. The summed E-state index contributed by atoms with van der Waals surface area (Å²) in [7, 11) is 0. The molecule has 4 nitrogen and oxygen atoms in total. The minimum absolute atomic E-state index is 0.314. The summed E-state index contributed by atoms with van der Waals surface area (Å²) in [4.78, 5) is 4.01. The predicted octanol–water partition coefficient (Wildman–Crippen LogP) is 2.81. The molecule has 2 rings (SSSR count). The highest BCUT2D eigenvalue weighted by molar-refractivity contribution is 5.33. The zero-order chi connectivity index (χ0) is 12.8. The van der Waals surface area contributed by atoms with Gasteiger partial charge in [-0.05, 0) is 23.8 Å². The summed E-state index contributed by atoms with van der Waals surface area (Å²) >= 11 is 0. The van der Waals surface area contributed by atoms with Gasteiger partial charge in [0.25, 0.3) is 0 Å². The van der Waals surface area contributed by atoms with Crippen LogP contribution in [0.2, 0.25) is 0 Å². The average Bonchev–Trinajstić information content (AvgIpc) is 2.42. The van der Waals surface area contributed by atoms with E-state index in [1.165, 1.54) is 0 Å². The third-order valence-electron chi connectivity index (χ3n) is 2.27. The second-order valence-corrected chi connectivity index (χ2v) is 3.55. The zero-order valence-corrected chi connectivity index (χ0v) is 9.50. The molecule has 0 unspecified atom stereocenters. The maximum Gasteiger partial charge on any atom is 0.220 e. The molecule has 0 saturated heterocycles. The molecular weight excluding hydrogens is 226 g/mol. The van der Waals surface area contributed by atoms with Crippen molar-refractivity contribution in [3.8, 4) is 23.8 Å². The number of nitriles is 2. The van der Waals surface area contributed by atoms with Crippen molar-refractivity contribution in [1.29, 1.82) is 10.5 Å². The lowest BCUT2D eigenvalue weighted by Gasteiger charge is -2.04. The molecule has 1 heterocycles. The molecule has 0 N–H and O–H groups in total. The molecule has 2 aromatic rings. The summed E-state index contributed by atoms with van der Waals surface area (Å²) in [5.74, 6) is 1.00. The van der Waals surface area contributed by atoms with E-state index in [9.17, 15) is 0 Å². The van der Waals surface area contributed by atoms with E-state index >= 15 is 0 Å². The molecule has 0 spiro atoms. The van der Waals surface area contributed by atoms with Gasteiger partial charge in [0.15, 0.2) is 0 Å². The maximum absolute atomic E-state index is 8.72. The van der Waals surface area contributed by atoms with Gasteiger partial charge in [-0.15, -0.1) is 0 Å². The topological polar surface area (TPSA) is 69.7 Å². The van der Waals surface area contributed by atoms with Crippen LogP contribution in [0.3, 0.4) is 0 Å². The minimum Gasteiger partial charge on any atom is -0.439 e. The number of aromatic nitrogens is 1. The minimum atomic E-state index is 0.314. The highest BCUT2D eigenvalue weighted by Crippen LogP contribution is 2.20. The maximum atomic E-state index is 8.72. The van der Waals surface area contributed by atoms with Crippen molar-refractivity contribution in [2.45, 2.75) is 6.42 Å². The molecular formula is C14H9N3O. The Morgan fingerprint density at radius 1 is 1.06 bits per heavy atom. The van der Waals surface area contributed by atoms with Gasteiger partial charge in [0.2, 0.25) is 5.88 Å². The van der Waals surface area contributed by atoms with Gasteiger partial charge in [-0.25, -0.2) is 4.98 Å². The second kappa shape index (κ2) is 5.47. The van der Waals surface area contributed by atoms with Crippen LogP contribution in [-0.2, 0) is 6.42 Å². The van der Waals surface area contributed by atoms with Gasteiger partial charge >= 0.3 is 0 Å². The van der Waals surface area contributed by atoms with Crippen molar-refractivity contribution in [3.05, 3.63) is 53.7 Å². The molecule has 0 atom stereocenters. The number of ether oxygens (including phenoxy) is 1. The fraction of sp³-hybridized carbons (Fsp3) is 0.0714. The summed E-state index contributed by atoms with van der Waals surface area (Å²) in [5, 5.41) is 17.3. The lowest BCUT2D eigenvalue weighted by molar-refractivity contribution is 0.462. The van der Waals surface area contributed by atoms with Crippen LogP contribution in [-0.4, -0.2) is 4.98 Å². The first kappa shape index (κ1) is 11.6. The van der Waals surface area contributed by atoms with Gasteiger partial charge in [-0.2, -0.15) is 10.5 Å². The van der Waals surface area contributed by atoms with Crippen molar-refractivity contribution in [3.63, 3.8) is 0 Å². The van der Waals surface area contributed by atoms with Crippen LogP contribution in [0.15, 0.2) is 42.5 Å². The van der Waals surface area contributed by atoms with Crippen molar-refractivity contribution < 1.29 is 4.74 Å². The van der Waals surface area contributed by atoms with Crippen molar-refractivity contribution in [2.75, 3.05) is 0 Å². The van der Waals surface area contributed by atoms with E-state index in [1.807, 2.05) is 18.2 Å². The summed E-state index contributed by atoms with van der Waals surface area (Å²) in [6.45, 7) is 0. The monoisotopic (exact) mass is 235 g/mol. The number of hydrogen-bond donors (Lipinski definition) is 0. The first-order valence-corrected chi connectivity index (χ1v) is 5.33. The number of hydrogen-bond acceptors (Lipinski definition) is 4. The van der Waals surface area contributed by atoms with Crippen LogP contribution in [0.5, 0.6) is 11.6 Å². The molecule has 0 radical (unpaired) electrons. The summed E-state index contributed by atoms with van der Waals surface area (Å²) in [5.41, 5.74) is 1.25. The van der Waals surface area contributed by atoms with E-state index in [-0.39, 0.29) is 0 Å². The van der Waals surface area contributed by atoms with Gasteiger partial charge in [0, 0.05) is 6.07 Å². The van der Waals surface area contributed by atoms with Crippen molar-refractivity contribution >= 4 is 0 Å². The molecule has 0 amide bonds. The van der Waals surface area contributed by atoms with Gasteiger partial charge in [-0.3, -0.25) is 0 Å². The Hall–Kier alpha value is -2.85. The van der Waals surface area contributed by atoms with Crippen LogP contribution in [0.25, 0.3) is 0 Å². The van der Waals surface area contributed by atoms with E-state index in [0.29, 0.717) is 23.7 Å². The first-order chi connectivity index (χ1) is 8.81. The van der Waals surface area contributed by atoms with Gasteiger partial charge in [0.1, 0.15) is 17.5 Å². The predicted molar refractivity (Wildman–Crippen MR) is 64.8 cm³/mol. The highest BCUT2D eigenvalue weighted by Gasteiger charge is 2.00. The molecule has 0 aliphatic heterocycles. The van der Waals surface area contributed by atoms with E-state index in [4.69, 9.17) is 15.3 Å². The average molecular weight is 235 g/mol. The highest BCUT2D eigenvalue weighted by atomic mass is 16.5. The summed E-state index contributed by atoms with van der Waals surface area (Å²) in [6, 6.07) is 16.2. The van der Waals surface area contributed by atoms with E-state index in [1.54, 1.807) is 30.3 Å². The Morgan fingerprint density at radius 2 is 1.83 bits per heavy atom. The molecule has 0 aliphatic carbocycles. The number of benzene rings is 1. The molecule has 0 bridgehead atoms. The lowest BCUT2D eigenvalue weighted by Crippen LogP contribution is -1.90. The lowest BCUT2D eigenvalue weighted by atomic mass is 10.2. The van der Waals surface area contributed by atoms with Crippen LogP contribution in [0.1, 0.15) is 11.3 Å². The van der Waals surface area contributed by atoms with E-state index in [0.717, 1.165) is 5.56 Å². The molecule has 18 heavy (non-hydrogen) atoms. The van der Waals surface area contributed by atoms with Crippen LogP contribution in [0.4, 0.5) is 0 Å². The molecule has 0 aliphatic rings. The first-order valence-electron chi connectivity index (χ1n) is 5.33. The molecule has 1 aromatic heterocycles. The Bertz CT molecular complexity index is 621. The summed E-state index contributed by atoms with van der Waals surface area (Å²) in [6.07, 6.45) is 0.377. The Labute approximate surface area is 105 Å². The Balaban J connectivity index is 2.14. The van der Waals surface area contributed by atoms with Gasteiger partial charge in [-0.1, -0.05) is 18.2 Å². The Morgan fingerprint density at radius 3 is 2.50 bits per heavy atom. The number of pyridine rings is 1. The zero-order valence-electron chi connectivity index (χ0n) is 9.50. The SMILES string of the molecule is N#CCc1ccc(Oc2cccc(C#N)n2)cc1. The Kier molecular flexibility index (Phi) is 3.53. The second-order valence-electron chi connectivity index (χ2n) is 3.55. The molecule has 86 valence electrons. The quantitative estimate of drug-likeness (QED) is 0.820. The molecule has 4 heteroatoms. The van der Waals surface area contributed by atoms with Crippen LogP contribution in [0, 0.1) is 22.7 Å². The smallest absolute Gasteiger partial charge is 0.220 e. The third-order valence-corrected chi connectivity index (χ3v) is 2.27. The van der Waals surface area contributed by atoms with E-state index < -0.39 is 0 Å². The standard InChI is InChI=1S/C14H9N3O/c15-9-8-11-4-6-13(7-5-11)18-14-3-1-2-12(10-16)17-14/h1-7H,8H2. The van der Waals surface area contributed by atoms with Gasteiger partial charge < -0.3 is 4.74 Å². The molecule has 0 fully saturated rings. The molecule has 1 aromatic carbocycles. The van der Waals surface area contributed by atoms with Gasteiger partial charge in [0.05, 0.1) is 12.5 Å². The molecule has 0 saturated carbocycles. The van der Waals surface area contributed by atoms with E-state index in [2.05, 4.69) is 11.1 Å². The number of nitrogens with zero attached hydrogens (tertiary/aromatic N) is 3. The third kappa shape index (κ3) is 2.84. The van der Waals surface area contributed by atoms with Crippen molar-refractivity contribution in [2.24, 2.45) is 0 Å². The fourth-order valence-electron chi connectivity index (χ4n) is 1.42. The van der Waals surface area contributed by atoms with Crippen LogP contribution < -0.4 is 4.74 Å².